The number of esters is 1. The highest BCUT2D eigenvalue weighted by molar-refractivity contribution is 5.69. The van der Waals surface area contributed by atoms with E-state index in [2.05, 4.69) is 12.2 Å². The van der Waals surface area contributed by atoms with Crippen LogP contribution >= 0.6 is 0 Å². The molecule has 4 N–H and O–H groups in total. The van der Waals surface area contributed by atoms with Gasteiger partial charge >= 0.3 is 11.9 Å². The largest absolute Gasteiger partial charge is 0.481 e. The van der Waals surface area contributed by atoms with Crippen LogP contribution in [0.3, 0.4) is 0 Å². The van der Waals surface area contributed by atoms with Gasteiger partial charge in [-0.2, -0.15) is 0 Å². The van der Waals surface area contributed by atoms with Gasteiger partial charge < -0.3 is 20.9 Å². The number of rotatable bonds is 47. The van der Waals surface area contributed by atoms with E-state index in [0.717, 1.165) is 38.8 Å². The normalized spacial score (nSPS) is 12.0. The van der Waals surface area contributed by atoms with Crippen LogP contribution in [0.1, 0.15) is 270 Å². The molecule has 0 aliphatic heterocycles. The van der Waals surface area contributed by atoms with Crippen LogP contribution < -0.4 is 11.1 Å². The summed E-state index contributed by atoms with van der Waals surface area (Å²) in [7, 11) is 0. The van der Waals surface area contributed by atoms with Crippen LogP contribution in [0.2, 0.25) is 0 Å². The number of carboxylic acids is 1. The van der Waals surface area contributed by atoms with Crippen LogP contribution in [0.25, 0.3) is 0 Å². The third kappa shape index (κ3) is 45.3. The van der Waals surface area contributed by atoms with Crippen LogP contribution in [0.15, 0.2) is 0 Å². The van der Waals surface area contributed by atoms with Crippen LogP contribution in [-0.2, 0) is 14.3 Å². The molecule has 0 rings (SSSR count). The number of carboxylic acid groups (broad SMARTS) is 1. The topological polar surface area (TPSA) is 102 Å². The summed E-state index contributed by atoms with van der Waals surface area (Å²) in [5, 5.41) is 12.4. The van der Waals surface area contributed by atoms with Crippen molar-refractivity contribution in [2.45, 2.75) is 276 Å². The Morgan fingerprint density at radius 2 is 0.796 bits per heavy atom. The second-order valence-corrected chi connectivity index (χ2v) is 16.9. The van der Waals surface area contributed by atoms with Crippen molar-refractivity contribution in [2.75, 3.05) is 19.7 Å². The Labute approximate surface area is 337 Å². The lowest BCUT2D eigenvalue weighted by Gasteiger charge is -2.16. The minimum atomic E-state index is -0.658. The Morgan fingerprint density at radius 1 is 0.463 bits per heavy atom. The lowest BCUT2D eigenvalue weighted by Crippen LogP contribution is -2.36. The third-order valence-electron chi connectivity index (χ3n) is 11.5. The monoisotopic (exact) mass is 765 g/mol. The predicted molar refractivity (Wildman–Crippen MR) is 234 cm³/mol. The van der Waals surface area contributed by atoms with Gasteiger partial charge in [0, 0.05) is 25.4 Å². The van der Waals surface area contributed by atoms with E-state index < -0.39 is 5.97 Å². The average Bonchev–Trinajstić information content (AvgIpc) is 3.16. The highest BCUT2D eigenvalue weighted by Crippen LogP contribution is 2.16. The number of aliphatic carboxylic acids is 1. The summed E-state index contributed by atoms with van der Waals surface area (Å²) >= 11 is 0. The highest BCUT2D eigenvalue weighted by atomic mass is 16.5. The van der Waals surface area contributed by atoms with Gasteiger partial charge in [0.15, 0.2) is 0 Å². The maximum atomic E-state index is 11.9. The van der Waals surface area contributed by atoms with Crippen molar-refractivity contribution in [1.82, 2.24) is 5.32 Å². The first-order chi connectivity index (χ1) is 26.6. The summed E-state index contributed by atoms with van der Waals surface area (Å²) in [6, 6.07) is 0.500. The van der Waals surface area contributed by atoms with Gasteiger partial charge in [0.1, 0.15) is 0 Å². The first-order valence-corrected chi connectivity index (χ1v) is 24.4. The van der Waals surface area contributed by atoms with Crippen LogP contribution in [0.4, 0.5) is 0 Å². The Kier molecular flexibility index (Phi) is 45.3. The molecule has 6 heteroatoms. The van der Waals surface area contributed by atoms with Crippen molar-refractivity contribution in [2.24, 2.45) is 5.73 Å². The highest BCUT2D eigenvalue weighted by Gasteiger charge is 2.06. The molecule has 1 atom stereocenters. The molecule has 0 radical (unpaired) electrons. The standard InChI is InChI=1S/C48H96N2O4/c1-2-3-4-5-6-29-34-39-44-54-48(53)42-37-32-27-23-19-15-11-8-12-16-20-24-28-33-38-43-50-46(45-49)40-35-30-25-21-17-13-9-7-10-14-18-22-26-31-36-41-47(51)52/h46,50H,2-45,49H2,1H3,(H,51,52). The fourth-order valence-corrected chi connectivity index (χ4v) is 7.76. The molecule has 0 saturated carbocycles. The van der Waals surface area contributed by atoms with Crippen LogP contribution in [0.5, 0.6) is 0 Å². The summed E-state index contributed by atoms with van der Waals surface area (Å²) in [5.74, 6) is -0.644. The molecule has 0 aromatic rings. The van der Waals surface area contributed by atoms with E-state index in [0.29, 0.717) is 25.5 Å². The Bertz CT molecular complexity index is 748. The molecule has 0 amide bonds. The molecule has 6 nitrogen and oxygen atoms in total. The van der Waals surface area contributed by atoms with E-state index >= 15 is 0 Å². The van der Waals surface area contributed by atoms with E-state index in [1.807, 2.05) is 0 Å². The van der Waals surface area contributed by atoms with Gasteiger partial charge in [-0.25, -0.2) is 0 Å². The molecule has 322 valence electrons. The molecule has 0 bridgehead atoms. The summed E-state index contributed by atoms with van der Waals surface area (Å²) in [6.07, 6.45) is 51.7. The number of hydrogen-bond donors (Lipinski definition) is 3. The van der Waals surface area contributed by atoms with Gasteiger partial charge in [-0.3, -0.25) is 9.59 Å². The van der Waals surface area contributed by atoms with E-state index in [4.69, 9.17) is 15.6 Å². The first-order valence-electron chi connectivity index (χ1n) is 24.4. The second kappa shape index (κ2) is 46.2. The number of nitrogens with two attached hydrogens (primary N) is 1. The zero-order valence-electron chi connectivity index (χ0n) is 36.4. The quantitative estimate of drug-likeness (QED) is 0.0421. The molecule has 0 aromatic heterocycles. The lowest BCUT2D eigenvalue weighted by atomic mass is 10.0. The molecular formula is C48H96N2O4. The number of carbonyl (C=O) groups is 2. The van der Waals surface area contributed by atoms with Gasteiger partial charge in [-0.05, 0) is 38.6 Å². The number of nitrogens with one attached hydrogen (secondary N) is 1. The van der Waals surface area contributed by atoms with Gasteiger partial charge in [0.2, 0.25) is 0 Å². The fraction of sp³-hybridized carbons (Fsp3) is 0.958. The van der Waals surface area contributed by atoms with Crippen molar-refractivity contribution in [1.29, 1.82) is 0 Å². The van der Waals surface area contributed by atoms with Crippen molar-refractivity contribution in [3.8, 4) is 0 Å². The van der Waals surface area contributed by atoms with Gasteiger partial charge in [0.05, 0.1) is 6.61 Å². The maximum Gasteiger partial charge on any atom is 0.305 e. The zero-order chi connectivity index (χ0) is 39.3. The molecule has 0 heterocycles. The Balaban J connectivity index is 3.28. The van der Waals surface area contributed by atoms with Crippen molar-refractivity contribution < 1.29 is 19.4 Å². The summed E-state index contributed by atoms with van der Waals surface area (Å²) in [4.78, 5) is 22.4. The SMILES string of the molecule is CCCCCCCCCCOC(=O)CCCCCCCCCCCCCCCCCNC(CN)CCCCCCCCCCCCCCCCCC(=O)O. The lowest BCUT2D eigenvalue weighted by molar-refractivity contribution is -0.144. The third-order valence-corrected chi connectivity index (χ3v) is 11.5. The van der Waals surface area contributed by atoms with E-state index in [9.17, 15) is 9.59 Å². The molecule has 54 heavy (non-hydrogen) atoms. The molecule has 0 aliphatic rings. The minimum Gasteiger partial charge on any atom is -0.481 e. The number of hydrogen-bond acceptors (Lipinski definition) is 5. The molecular weight excluding hydrogens is 669 g/mol. The number of ether oxygens (including phenoxy) is 1. The van der Waals surface area contributed by atoms with Gasteiger partial charge in [-0.15, -0.1) is 0 Å². The van der Waals surface area contributed by atoms with E-state index in [-0.39, 0.29) is 5.97 Å². The smallest absolute Gasteiger partial charge is 0.305 e. The number of carbonyl (C=O) groups excluding carboxylic acids is 1. The van der Waals surface area contributed by atoms with Crippen molar-refractivity contribution >= 4 is 11.9 Å². The summed E-state index contributed by atoms with van der Waals surface area (Å²) in [5.41, 5.74) is 6.07. The Hall–Kier alpha value is -1.14. The second-order valence-electron chi connectivity index (χ2n) is 16.9. The molecule has 0 aliphatic carbocycles. The molecule has 0 fully saturated rings. The van der Waals surface area contributed by atoms with Gasteiger partial charge in [-0.1, -0.05) is 225 Å². The van der Waals surface area contributed by atoms with E-state index in [1.165, 1.54) is 225 Å². The summed E-state index contributed by atoms with van der Waals surface area (Å²) in [6.45, 7) is 4.77. The molecule has 0 spiro atoms. The minimum absolute atomic E-state index is 0.0139. The Morgan fingerprint density at radius 3 is 1.19 bits per heavy atom. The fourth-order valence-electron chi connectivity index (χ4n) is 7.76. The number of unbranched alkanes of at least 4 members (excludes halogenated alkanes) is 35. The molecule has 0 saturated heterocycles. The van der Waals surface area contributed by atoms with Crippen molar-refractivity contribution in [3.05, 3.63) is 0 Å². The van der Waals surface area contributed by atoms with Crippen LogP contribution in [-0.4, -0.2) is 42.8 Å². The molecule has 1 unspecified atom stereocenters. The van der Waals surface area contributed by atoms with E-state index in [1.54, 1.807) is 0 Å². The zero-order valence-corrected chi connectivity index (χ0v) is 36.4. The predicted octanol–water partition coefficient (Wildman–Crippen LogP) is 14.5. The average molecular weight is 765 g/mol. The van der Waals surface area contributed by atoms with Gasteiger partial charge in [0.25, 0.3) is 0 Å². The van der Waals surface area contributed by atoms with Crippen molar-refractivity contribution in [3.63, 3.8) is 0 Å². The molecule has 0 aromatic carbocycles. The summed E-state index contributed by atoms with van der Waals surface area (Å²) < 4.78 is 5.42. The first kappa shape index (κ1) is 52.9. The van der Waals surface area contributed by atoms with Crippen LogP contribution in [0, 0.1) is 0 Å². The maximum absolute atomic E-state index is 11.9.